The second-order valence-electron chi connectivity index (χ2n) is 4.62. The number of hydrogen-bond acceptors (Lipinski definition) is 1. The number of imidazole rings is 1. The summed E-state index contributed by atoms with van der Waals surface area (Å²) in [6.45, 7) is 1.12. The minimum atomic E-state index is 1.12. The lowest BCUT2D eigenvalue weighted by Gasteiger charge is -2.02. The number of nitrogens with zero attached hydrogens (tertiary/aromatic N) is 2. The molecule has 1 aliphatic rings. The summed E-state index contributed by atoms with van der Waals surface area (Å²) in [7, 11) is 0. The van der Waals surface area contributed by atoms with E-state index >= 15 is 0 Å². The van der Waals surface area contributed by atoms with Crippen molar-refractivity contribution in [3.8, 4) is 0 Å². The molecule has 0 N–H and O–H groups in total. The van der Waals surface area contributed by atoms with Crippen LogP contribution in [0.1, 0.15) is 12.2 Å². The maximum atomic E-state index is 4.72. The van der Waals surface area contributed by atoms with Gasteiger partial charge in [0.25, 0.3) is 0 Å². The van der Waals surface area contributed by atoms with Crippen LogP contribution in [0.4, 0.5) is 0 Å². The van der Waals surface area contributed by atoms with E-state index in [4.69, 9.17) is 4.98 Å². The minimum Gasteiger partial charge on any atom is -0.328 e. The minimum absolute atomic E-state index is 1.12. The third-order valence-corrected chi connectivity index (χ3v) is 4.02. The third-order valence-electron chi connectivity index (χ3n) is 3.53. The zero-order valence-corrected chi connectivity index (χ0v) is 10.9. The van der Waals surface area contributed by atoms with Gasteiger partial charge in [0, 0.05) is 17.4 Å². The normalized spacial score (nSPS) is 14.6. The average Bonchev–Trinajstić information content (AvgIpc) is 2.86. The molecule has 0 radical (unpaired) electrons. The van der Waals surface area contributed by atoms with Crippen molar-refractivity contribution in [1.29, 1.82) is 0 Å². The molecule has 0 spiro atoms. The van der Waals surface area contributed by atoms with Crippen LogP contribution in [0.5, 0.6) is 0 Å². The molecule has 0 atom stereocenters. The number of halogens is 1. The van der Waals surface area contributed by atoms with Gasteiger partial charge in [-0.05, 0) is 41.5 Å². The maximum absolute atomic E-state index is 4.72. The molecular formula is C14H11BrN2. The van der Waals surface area contributed by atoms with Crippen LogP contribution in [-0.4, -0.2) is 9.55 Å². The van der Waals surface area contributed by atoms with Crippen molar-refractivity contribution in [1.82, 2.24) is 9.55 Å². The number of rotatable bonds is 0. The van der Waals surface area contributed by atoms with Crippen molar-refractivity contribution >= 4 is 37.7 Å². The molecule has 0 saturated carbocycles. The quantitative estimate of drug-likeness (QED) is 0.613. The molecule has 0 fully saturated rings. The Morgan fingerprint density at radius 1 is 1.12 bits per heavy atom. The van der Waals surface area contributed by atoms with Gasteiger partial charge in [-0.2, -0.15) is 0 Å². The Hall–Kier alpha value is -1.35. The highest BCUT2D eigenvalue weighted by Gasteiger charge is 2.16. The molecular weight excluding hydrogens is 276 g/mol. The van der Waals surface area contributed by atoms with Crippen LogP contribution < -0.4 is 0 Å². The van der Waals surface area contributed by atoms with Gasteiger partial charge >= 0.3 is 0 Å². The van der Waals surface area contributed by atoms with Crippen molar-refractivity contribution in [2.24, 2.45) is 0 Å². The first-order valence-electron chi connectivity index (χ1n) is 5.90. The third kappa shape index (κ3) is 1.35. The molecule has 0 amide bonds. The Morgan fingerprint density at radius 3 is 3.00 bits per heavy atom. The summed E-state index contributed by atoms with van der Waals surface area (Å²) in [5, 5.41) is 2.54. The zero-order valence-electron chi connectivity index (χ0n) is 9.28. The second-order valence-corrected chi connectivity index (χ2v) is 5.53. The maximum Gasteiger partial charge on any atom is 0.109 e. The van der Waals surface area contributed by atoms with Gasteiger partial charge in [-0.25, -0.2) is 4.98 Å². The predicted octanol–water partition coefficient (Wildman–Crippen LogP) is 3.90. The molecule has 1 aromatic heterocycles. The van der Waals surface area contributed by atoms with E-state index in [9.17, 15) is 0 Å². The van der Waals surface area contributed by atoms with E-state index in [1.165, 1.54) is 28.5 Å². The summed E-state index contributed by atoms with van der Waals surface area (Å²) in [5.74, 6) is 1.24. The lowest BCUT2D eigenvalue weighted by Crippen LogP contribution is -1.90. The number of benzene rings is 2. The summed E-state index contributed by atoms with van der Waals surface area (Å²) in [4.78, 5) is 4.72. The van der Waals surface area contributed by atoms with Crippen LogP contribution in [0.15, 0.2) is 34.8 Å². The molecule has 0 bridgehead atoms. The Bertz CT molecular complexity index is 743. The van der Waals surface area contributed by atoms with Crippen molar-refractivity contribution in [2.75, 3.05) is 0 Å². The molecule has 3 heteroatoms. The van der Waals surface area contributed by atoms with Crippen LogP contribution in [0.25, 0.3) is 21.8 Å². The summed E-state index contributed by atoms with van der Waals surface area (Å²) in [6.07, 6.45) is 2.35. The first-order chi connectivity index (χ1) is 8.31. The van der Waals surface area contributed by atoms with Crippen molar-refractivity contribution in [3.63, 3.8) is 0 Å². The molecule has 2 nitrogen and oxygen atoms in total. The number of hydrogen-bond donors (Lipinski definition) is 0. The van der Waals surface area contributed by atoms with Crippen LogP contribution in [0.3, 0.4) is 0 Å². The average molecular weight is 287 g/mol. The van der Waals surface area contributed by atoms with E-state index in [2.05, 4.69) is 50.8 Å². The SMILES string of the molecule is Brc1ccc2cc3c(cc2c1)nc1n3CCC1. The van der Waals surface area contributed by atoms with Gasteiger partial charge in [-0.1, -0.05) is 22.0 Å². The fraction of sp³-hybridized carbons (Fsp3) is 0.214. The van der Waals surface area contributed by atoms with E-state index in [1.54, 1.807) is 0 Å². The Balaban J connectivity index is 2.13. The lowest BCUT2D eigenvalue weighted by molar-refractivity contribution is 0.772. The molecule has 84 valence electrons. The van der Waals surface area contributed by atoms with Gasteiger partial charge in [0.1, 0.15) is 5.82 Å². The zero-order chi connectivity index (χ0) is 11.4. The number of aryl methyl sites for hydroxylation is 2. The molecule has 2 heterocycles. The van der Waals surface area contributed by atoms with Gasteiger partial charge in [0.15, 0.2) is 0 Å². The fourth-order valence-electron chi connectivity index (χ4n) is 2.72. The monoisotopic (exact) mass is 286 g/mol. The standard InChI is InChI=1S/C14H11BrN2/c15-11-4-3-9-8-13-12(7-10(9)6-11)16-14-2-1-5-17(13)14/h3-4,6-8H,1-2,5H2. The first kappa shape index (κ1) is 9.66. The van der Waals surface area contributed by atoms with E-state index in [-0.39, 0.29) is 0 Å². The Morgan fingerprint density at radius 2 is 2.06 bits per heavy atom. The van der Waals surface area contributed by atoms with Crippen LogP contribution in [0.2, 0.25) is 0 Å². The highest BCUT2D eigenvalue weighted by molar-refractivity contribution is 9.10. The van der Waals surface area contributed by atoms with Crippen molar-refractivity contribution in [2.45, 2.75) is 19.4 Å². The molecule has 4 rings (SSSR count). The van der Waals surface area contributed by atoms with Crippen LogP contribution >= 0.6 is 15.9 Å². The van der Waals surface area contributed by atoms with Gasteiger partial charge in [0.2, 0.25) is 0 Å². The molecule has 3 aromatic rings. The molecule has 0 unspecified atom stereocenters. The van der Waals surface area contributed by atoms with Gasteiger partial charge < -0.3 is 4.57 Å². The smallest absolute Gasteiger partial charge is 0.109 e. The van der Waals surface area contributed by atoms with E-state index < -0.39 is 0 Å². The Kier molecular flexibility index (Phi) is 1.89. The predicted molar refractivity (Wildman–Crippen MR) is 73.3 cm³/mol. The fourth-order valence-corrected chi connectivity index (χ4v) is 3.10. The van der Waals surface area contributed by atoms with E-state index in [0.717, 1.165) is 23.0 Å². The molecule has 1 aliphatic heterocycles. The molecule has 2 aromatic carbocycles. The van der Waals surface area contributed by atoms with E-state index in [1.807, 2.05) is 0 Å². The number of aromatic nitrogens is 2. The Labute approximate surface area is 107 Å². The van der Waals surface area contributed by atoms with E-state index in [0.29, 0.717) is 0 Å². The summed E-state index contributed by atoms with van der Waals surface area (Å²) < 4.78 is 3.48. The summed E-state index contributed by atoms with van der Waals surface area (Å²) in [6, 6.07) is 10.9. The topological polar surface area (TPSA) is 17.8 Å². The largest absolute Gasteiger partial charge is 0.328 e. The molecule has 0 aliphatic carbocycles. The molecule has 0 saturated heterocycles. The van der Waals surface area contributed by atoms with Gasteiger partial charge in [-0.15, -0.1) is 0 Å². The first-order valence-corrected chi connectivity index (χ1v) is 6.69. The van der Waals surface area contributed by atoms with Crippen LogP contribution in [0, 0.1) is 0 Å². The van der Waals surface area contributed by atoms with Crippen molar-refractivity contribution in [3.05, 3.63) is 40.6 Å². The highest BCUT2D eigenvalue weighted by Crippen LogP contribution is 2.28. The van der Waals surface area contributed by atoms with Gasteiger partial charge in [0.05, 0.1) is 11.0 Å². The van der Waals surface area contributed by atoms with Gasteiger partial charge in [-0.3, -0.25) is 0 Å². The molecule has 17 heavy (non-hydrogen) atoms. The van der Waals surface area contributed by atoms with Crippen molar-refractivity contribution < 1.29 is 0 Å². The lowest BCUT2D eigenvalue weighted by atomic mass is 10.1. The second kappa shape index (κ2) is 3.33. The summed E-state index contributed by atoms with van der Waals surface area (Å²) in [5.41, 5.74) is 2.41. The highest BCUT2D eigenvalue weighted by atomic mass is 79.9. The number of fused-ring (bicyclic) bond motifs is 4. The summed E-state index contributed by atoms with van der Waals surface area (Å²) >= 11 is 3.52. The van der Waals surface area contributed by atoms with Crippen LogP contribution in [-0.2, 0) is 13.0 Å².